The van der Waals surface area contributed by atoms with E-state index in [1.165, 1.54) is 20.3 Å². The normalized spacial score (nSPS) is 10.0. The quantitative estimate of drug-likeness (QED) is 0.255. The number of carboxylic acids is 1. The van der Waals surface area contributed by atoms with Crippen molar-refractivity contribution in [2.45, 2.75) is 0 Å². The van der Waals surface area contributed by atoms with E-state index in [1.807, 2.05) is 60.7 Å². The summed E-state index contributed by atoms with van der Waals surface area (Å²) in [5.41, 5.74) is 3.02. The van der Waals surface area contributed by atoms with Crippen LogP contribution in [-0.4, -0.2) is 43.5 Å². The number of ether oxygens (including phenoxy) is 2. The van der Waals surface area contributed by atoms with Gasteiger partial charge in [-0.3, -0.25) is 4.79 Å². The number of esters is 2. The van der Waals surface area contributed by atoms with Gasteiger partial charge in [-0.25, -0.2) is 14.4 Å². The SMILES string of the molecule is COC(=O)c1sc(C(=O)O)cc1-c1ccccc1.COC(=O)c1sc(C=O)cc1-c1ccccc1. The van der Waals surface area contributed by atoms with E-state index in [-0.39, 0.29) is 4.88 Å². The van der Waals surface area contributed by atoms with Crippen LogP contribution in [0.1, 0.15) is 38.7 Å². The molecule has 0 aliphatic carbocycles. The molecule has 0 amide bonds. The highest BCUT2D eigenvalue weighted by Crippen LogP contribution is 2.33. The zero-order chi connectivity index (χ0) is 25.4. The molecule has 9 heteroatoms. The number of carbonyl (C=O) groups is 4. The van der Waals surface area contributed by atoms with Gasteiger partial charge in [-0.15, -0.1) is 22.7 Å². The summed E-state index contributed by atoms with van der Waals surface area (Å²) in [5.74, 6) is -1.99. The van der Waals surface area contributed by atoms with E-state index in [9.17, 15) is 19.2 Å². The van der Waals surface area contributed by atoms with Crippen molar-refractivity contribution < 1.29 is 33.8 Å². The molecule has 0 aliphatic rings. The maximum absolute atomic E-state index is 11.6. The van der Waals surface area contributed by atoms with Crippen molar-refractivity contribution in [2.75, 3.05) is 14.2 Å². The Bertz CT molecular complexity index is 1340. The second-order valence-corrected chi connectivity index (χ2v) is 9.02. The van der Waals surface area contributed by atoms with Crippen LogP contribution in [0.3, 0.4) is 0 Å². The average Bonchev–Trinajstić information content (AvgIpc) is 3.55. The minimum absolute atomic E-state index is 0.120. The monoisotopic (exact) mass is 508 g/mol. The van der Waals surface area contributed by atoms with Crippen molar-refractivity contribution in [3.8, 4) is 22.3 Å². The Kier molecular flexibility index (Phi) is 8.66. The highest BCUT2D eigenvalue weighted by molar-refractivity contribution is 7.16. The molecule has 0 bridgehead atoms. The third kappa shape index (κ3) is 6.08. The fraction of sp³-hybridized carbons (Fsp3) is 0.0769. The third-order valence-electron chi connectivity index (χ3n) is 4.72. The molecule has 178 valence electrons. The van der Waals surface area contributed by atoms with E-state index in [1.54, 1.807) is 6.07 Å². The summed E-state index contributed by atoms with van der Waals surface area (Å²) in [4.78, 5) is 46.4. The number of carbonyl (C=O) groups excluding carboxylic acids is 3. The lowest BCUT2D eigenvalue weighted by Crippen LogP contribution is -1.99. The molecule has 4 aromatic rings. The van der Waals surface area contributed by atoms with E-state index < -0.39 is 17.9 Å². The maximum Gasteiger partial charge on any atom is 0.348 e. The maximum atomic E-state index is 11.6. The molecule has 0 saturated carbocycles. The van der Waals surface area contributed by atoms with E-state index in [4.69, 9.17) is 9.84 Å². The van der Waals surface area contributed by atoms with Crippen molar-refractivity contribution in [3.05, 3.63) is 92.3 Å². The highest BCUT2D eigenvalue weighted by Gasteiger charge is 2.21. The Morgan fingerprint density at radius 1 is 0.743 bits per heavy atom. The Morgan fingerprint density at radius 3 is 1.63 bits per heavy atom. The van der Waals surface area contributed by atoms with Crippen LogP contribution in [0, 0.1) is 0 Å². The van der Waals surface area contributed by atoms with Gasteiger partial charge >= 0.3 is 17.9 Å². The molecule has 4 rings (SSSR count). The highest BCUT2D eigenvalue weighted by atomic mass is 32.1. The second-order valence-electron chi connectivity index (χ2n) is 6.88. The summed E-state index contributed by atoms with van der Waals surface area (Å²) in [6, 6.07) is 21.8. The molecule has 2 heterocycles. The smallest absolute Gasteiger partial charge is 0.348 e. The van der Waals surface area contributed by atoms with E-state index >= 15 is 0 Å². The molecular formula is C26H20O7S2. The first kappa shape index (κ1) is 25.5. The minimum atomic E-state index is -1.05. The first-order valence-electron chi connectivity index (χ1n) is 10.1. The van der Waals surface area contributed by atoms with Crippen LogP contribution in [0.15, 0.2) is 72.8 Å². The van der Waals surface area contributed by atoms with Gasteiger partial charge < -0.3 is 14.6 Å². The molecule has 7 nitrogen and oxygen atoms in total. The Balaban J connectivity index is 0.000000196. The lowest BCUT2D eigenvalue weighted by atomic mass is 10.1. The van der Waals surface area contributed by atoms with Crippen molar-refractivity contribution in [3.63, 3.8) is 0 Å². The van der Waals surface area contributed by atoms with E-state index in [0.717, 1.165) is 45.7 Å². The number of hydrogen-bond donors (Lipinski definition) is 1. The zero-order valence-electron chi connectivity index (χ0n) is 18.7. The number of benzene rings is 2. The molecule has 0 radical (unpaired) electrons. The van der Waals surface area contributed by atoms with Gasteiger partial charge in [0, 0.05) is 11.1 Å². The Hall–Kier alpha value is -4.08. The zero-order valence-corrected chi connectivity index (χ0v) is 20.4. The largest absolute Gasteiger partial charge is 0.477 e. The van der Waals surface area contributed by atoms with Crippen molar-refractivity contribution in [2.24, 2.45) is 0 Å². The van der Waals surface area contributed by atoms with Crippen LogP contribution in [0.25, 0.3) is 22.3 Å². The minimum Gasteiger partial charge on any atom is -0.477 e. The van der Waals surface area contributed by atoms with E-state index in [0.29, 0.717) is 20.2 Å². The van der Waals surface area contributed by atoms with Crippen molar-refractivity contribution in [1.82, 2.24) is 0 Å². The van der Waals surface area contributed by atoms with Gasteiger partial charge in [-0.1, -0.05) is 60.7 Å². The van der Waals surface area contributed by atoms with Crippen LogP contribution in [-0.2, 0) is 9.47 Å². The summed E-state index contributed by atoms with van der Waals surface area (Å²) in [7, 11) is 2.61. The van der Waals surface area contributed by atoms with Crippen molar-refractivity contribution >= 4 is 46.9 Å². The second kappa shape index (κ2) is 11.9. The van der Waals surface area contributed by atoms with Gasteiger partial charge in [0.2, 0.25) is 0 Å². The Morgan fingerprint density at radius 2 is 1.20 bits per heavy atom. The number of methoxy groups -OCH3 is 2. The predicted molar refractivity (Wildman–Crippen MR) is 135 cm³/mol. The van der Waals surface area contributed by atoms with Crippen LogP contribution in [0.5, 0.6) is 0 Å². The number of carboxylic acid groups (broad SMARTS) is 1. The Labute approximate surface area is 209 Å². The van der Waals surface area contributed by atoms with Crippen LogP contribution < -0.4 is 0 Å². The molecule has 35 heavy (non-hydrogen) atoms. The van der Waals surface area contributed by atoms with Crippen molar-refractivity contribution in [1.29, 1.82) is 0 Å². The number of rotatable bonds is 6. The summed E-state index contributed by atoms with van der Waals surface area (Å²) in [6.07, 6.45) is 0.740. The first-order valence-corrected chi connectivity index (χ1v) is 11.8. The van der Waals surface area contributed by atoms with Gasteiger partial charge in [-0.2, -0.15) is 0 Å². The van der Waals surface area contributed by atoms with Gasteiger partial charge in [0.25, 0.3) is 0 Å². The summed E-state index contributed by atoms with van der Waals surface area (Å²) in [5, 5.41) is 8.98. The molecule has 2 aromatic heterocycles. The average molecular weight is 509 g/mol. The fourth-order valence-corrected chi connectivity index (χ4v) is 4.97. The van der Waals surface area contributed by atoms with Crippen LogP contribution >= 0.6 is 22.7 Å². The number of hydrogen-bond acceptors (Lipinski definition) is 8. The van der Waals surface area contributed by atoms with E-state index in [2.05, 4.69) is 4.74 Å². The molecule has 0 unspecified atom stereocenters. The first-order chi connectivity index (χ1) is 16.9. The van der Waals surface area contributed by atoms with Gasteiger partial charge in [-0.05, 0) is 23.3 Å². The van der Waals surface area contributed by atoms with Gasteiger partial charge in [0.1, 0.15) is 14.6 Å². The fourth-order valence-electron chi connectivity index (χ4n) is 3.12. The predicted octanol–water partition coefficient (Wildman–Crippen LogP) is 5.91. The number of aromatic carboxylic acids is 1. The molecular weight excluding hydrogens is 488 g/mol. The topological polar surface area (TPSA) is 107 Å². The summed E-state index contributed by atoms with van der Waals surface area (Å²) in [6.45, 7) is 0. The molecule has 0 saturated heterocycles. The molecule has 1 N–H and O–H groups in total. The molecule has 0 fully saturated rings. The standard InChI is InChI=1S/C13H10O4S.C13H10O3S/c1-17-13(16)11-9(7-10(18-11)12(14)15)8-5-3-2-4-6-8;1-16-13(15)12-11(7-10(8-14)17-12)9-5-3-2-4-6-9/h2-7H,1H3,(H,14,15);2-8H,1H3. The van der Waals surface area contributed by atoms with Crippen LogP contribution in [0.4, 0.5) is 0 Å². The van der Waals surface area contributed by atoms with Gasteiger partial charge in [0.05, 0.1) is 19.1 Å². The molecule has 2 aromatic carbocycles. The van der Waals surface area contributed by atoms with Gasteiger partial charge in [0.15, 0.2) is 6.29 Å². The molecule has 0 atom stereocenters. The summed E-state index contributed by atoms with van der Waals surface area (Å²) >= 11 is 2.07. The van der Waals surface area contributed by atoms with Crippen LogP contribution in [0.2, 0.25) is 0 Å². The number of aldehydes is 1. The molecule has 0 aliphatic heterocycles. The number of thiophene rings is 2. The lowest BCUT2D eigenvalue weighted by molar-refractivity contribution is 0.0598. The lowest BCUT2D eigenvalue weighted by Gasteiger charge is -2.01. The molecule has 0 spiro atoms. The summed E-state index contributed by atoms with van der Waals surface area (Å²) < 4.78 is 9.38. The third-order valence-corrected chi connectivity index (χ3v) is 6.86.